The zero-order valence-electron chi connectivity index (χ0n) is 12.8. The Morgan fingerprint density at radius 2 is 2.20 bits per heavy atom. The minimum Gasteiger partial charge on any atom is -0.382 e. The predicted molar refractivity (Wildman–Crippen MR) is 92.8 cm³/mol. The fourth-order valence-electron chi connectivity index (χ4n) is 2.50. The summed E-state index contributed by atoms with van der Waals surface area (Å²) in [7, 11) is -5.64. The van der Waals surface area contributed by atoms with Gasteiger partial charge in [0.2, 0.25) is 0 Å². The molecule has 0 aromatic carbocycles. The lowest BCUT2D eigenvalue weighted by Gasteiger charge is -2.38. The van der Waals surface area contributed by atoms with E-state index in [1.54, 1.807) is 6.33 Å². The molecule has 2 aromatic heterocycles. The highest BCUT2D eigenvalue weighted by atomic mass is 31.2. The number of phosphoric acid groups is 1. The third-order valence-electron chi connectivity index (χ3n) is 3.77. The SMILES string of the molecule is C=C1[C@H](COPOPOP(=O)(O)O)C[C@@H]1n1cnc2c(N)ncnc21. The Morgan fingerprint density at radius 1 is 1.40 bits per heavy atom. The normalized spacial score (nSPS) is 21.8. The van der Waals surface area contributed by atoms with E-state index in [0.29, 0.717) is 23.6 Å². The van der Waals surface area contributed by atoms with Gasteiger partial charge in [-0.25, -0.2) is 23.8 Å². The van der Waals surface area contributed by atoms with Crippen LogP contribution in [0.25, 0.3) is 11.2 Å². The van der Waals surface area contributed by atoms with Gasteiger partial charge in [0, 0.05) is 5.92 Å². The van der Waals surface area contributed by atoms with Crippen LogP contribution < -0.4 is 5.73 Å². The lowest BCUT2D eigenvalue weighted by molar-refractivity contribution is 0.205. The first-order chi connectivity index (χ1) is 11.9. The summed E-state index contributed by atoms with van der Waals surface area (Å²) in [5.41, 5.74) is 8.00. The van der Waals surface area contributed by atoms with Gasteiger partial charge < -0.3 is 24.6 Å². The van der Waals surface area contributed by atoms with Crippen molar-refractivity contribution >= 4 is 42.9 Å². The third-order valence-corrected chi connectivity index (χ3v) is 5.97. The Hall–Kier alpha value is -1.02. The van der Waals surface area contributed by atoms with Gasteiger partial charge in [-0.15, -0.1) is 0 Å². The van der Waals surface area contributed by atoms with E-state index in [9.17, 15) is 4.57 Å². The molecule has 4 N–H and O–H groups in total. The molecular formula is C11H16N5O6P3. The molecule has 0 saturated heterocycles. The molecule has 11 nitrogen and oxygen atoms in total. The molecule has 4 atom stereocenters. The van der Waals surface area contributed by atoms with Crippen molar-refractivity contribution in [2.45, 2.75) is 12.5 Å². The van der Waals surface area contributed by atoms with E-state index in [1.165, 1.54) is 6.33 Å². The highest BCUT2D eigenvalue weighted by molar-refractivity contribution is 7.55. The van der Waals surface area contributed by atoms with Crippen molar-refractivity contribution in [3.05, 3.63) is 24.8 Å². The molecule has 25 heavy (non-hydrogen) atoms. The average molecular weight is 407 g/mol. The first-order valence-electron chi connectivity index (χ1n) is 7.00. The molecule has 14 heteroatoms. The van der Waals surface area contributed by atoms with Crippen LogP contribution in [0.1, 0.15) is 12.5 Å². The van der Waals surface area contributed by atoms with Gasteiger partial charge in [0.05, 0.1) is 19.0 Å². The number of nitrogens with two attached hydrogens (primary N) is 1. The number of hydrogen-bond donors (Lipinski definition) is 3. The zero-order valence-corrected chi connectivity index (χ0v) is 15.7. The fourth-order valence-corrected chi connectivity index (χ4v) is 4.01. The van der Waals surface area contributed by atoms with Crippen molar-refractivity contribution in [1.82, 2.24) is 19.5 Å². The van der Waals surface area contributed by atoms with Crippen molar-refractivity contribution in [3.8, 4) is 0 Å². The number of nitrogen functional groups attached to an aromatic ring is 1. The number of fused-ring (bicyclic) bond motifs is 1. The van der Waals surface area contributed by atoms with Gasteiger partial charge in [-0.1, -0.05) is 6.58 Å². The summed E-state index contributed by atoms with van der Waals surface area (Å²) in [6.07, 6.45) is 3.88. The van der Waals surface area contributed by atoms with Crippen LogP contribution in [-0.4, -0.2) is 35.9 Å². The Morgan fingerprint density at radius 3 is 2.92 bits per heavy atom. The Bertz CT molecular complexity index is 826. The summed E-state index contributed by atoms with van der Waals surface area (Å²) in [5.74, 6) is 0.494. The highest BCUT2D eigenvalue weighted by Gasteiger charge is 2.36. The summed E-state index contributed by atoms with van der Waals surface area (Å²) in [4.78, 5) is 29.4. The first kappa shape index (κ1) is 18.8. The van der Waals surface area contributed by atoms with Gasteiger partial charge in [-0.2, -0.15) is 0 Å². The van der Waals surface area contributed by atoms with Crippen molar-refractivity contribution in [1.29, 1.82) is 0 Å². The number of rotatable bonds is 8. The maximum Gasteiger partial charge on any atom is 0.474 e. The molecule has 2 aromatic rings. The molecule has 1 aliphatic carbocycles. The quantitative estimate of drug-likeness (QED) is 0.334. The topological polar surface area (TPSA) is 155 Å². The molecule has 1 saturated carbocycles. The molecule has 1 aliphatic rings. The van der Waals surface area contributed by atoms with Gasteiger partial charge in [-0.3, -0.25) is 4.31 Å². The van der Waals surface area contributed by atoms with Crippen LogP contribution in [0.4, 0.5) is 5.82 Å². The minimum atomic E-state index is -4.50. The summed E-state index contributed by atoms with van der Waals surface area (Å²) < 4.78 is 26.8. The third kappa shape index (κ3) is 4.39. The van der Waals surface area contributed by atoms with E-state index in [1.807, 2.05) is 4.57 Å². The van der Waals surface area contributed by atoms with Crippen LogP contribution in [0.5, 0.6) is 0 Å². The Labute approximate surface area is 146 Å². The molecule has 0 aliphatic heterocycles. The van der Waals surface area contributed by atoms with Gasteiger partial charge in [0.15, 0.2) is 29.5 Å². The van der Waals surface area contributed by atoms with Crippen molar-refractivity contribution in [3.63, 3.8) is 0 Å². The van der Waals surface area contributed by atoms with Gasteiger partial charge in [0.1, 0.15) is 11.8 Å². The molecule has 1 fully saturated rings. The monoisotopic (exact) mass is 407 g/mol. The van der Waals surface area contributed by atoms with Crippen LogP contribution in [0.15, 0.2) is 24.8 Å². The number of hydrogen-bond acceptors (Lipinski definition) is 8. The average Bonchev–Trinajstić information content (AvgIpc) is 2.96. The number of imidazole rings is 1. The van der Waals surface area contributed by atoms with E-state index >= 15 is 0 Å². The van der Waals surface area contributed by atoms with Gasteiger partial charge in [-0.05, 0) is 12.0 Å². The Kier molecular flexibility index (Phi) is 5.78. The van der Waals surface area contributed by atoms with E-state index in [0.717, 1.165) is 12.0 Å². The van der Waals surface area contributed by atoms with Crippen LogP contribution >= 0.6 is 25.9 Å². The summed E-state index contributed by atoms with van der Waals surface area (Å²) in [6, 6.07) is 0.0667. The second-order valence-corrected chi connectivity index (χ2v) is 8.42. The lowest BCUT2D eigenvalue weighted by Crippen LogP contribution is -2.32. The molecule has 2 heterocycles. The second-order valence-electron chi connectivity index (χ2n) is 5.27. The van der Waals surface area contributed by atoms with Crippen LogP contribution in [0.3, 0.4) is 0 Å². The largest absolute Gasteiger partial charge is 0.474 e. The molecule has 0 radical (unpaired) electrons. The molecule has 2 unspecified atom stereocenters. The number of aromatic nitrogens is 4. The smallest absolute Gasteiger partial charge is 0.382 e. The standard InChI is InChI=1S/C11H16N5O6P3/c1-6-7(3-20-23-21-24-22-25(17,18)19)2-8(6)16-5-15-9-10(12)13-4-14-11(9)16/h4-5,7-8,23-24H,1-3H2,(H2,12,13,14)(H2,17,18,19)/t7-,8-/m0/s1. The summed E-state index contributed by atoms with van der Waals surface area (Å²) in [6.45, 7) is 4.49. The minimum absolute atomic E-state index is 0.0667. The maximum atomic E-state index is 10.5. The Balaban J connectivity index is 1.46. The van der Waals surface area contributed by atoms with Gasteiger partial charge >= 0.3 is 7.82 Å². The summed E-state index contributed by atoms with van der Waals surface area (Å²) in [5, 5.41) is 0. The lowest BCUT2D eigenvalue weighted by atomic mass is 9.76. The van der Waals surface area contributed by atoms with Crippen molar-refractivity contribution in [2.75, 3.05) is 12.3 Å². The molecule has 0 bridgehead atoms. The fraction of sp³-hybridized carbons (Fsp3) is 0.364. The van der Waals surface area contributed by atoms with Gasteiger partial charge in [0.25, 0.3) is 0 Å². The molecule has 136 valence electrons. The summed E-state index contributed by atoms with van der Waals surface area (Å²) >= 11 is 0. The van der Waals surface area contributed by atoms with Crippen LogP contribution in [0.2, 0.25) is 0 Å². The number of anilines is 1. The van der Waals surface area contributed by atoms with E-state index in [4.69, 9.17) is 24.4 Å². The van der Waals surface area contributed by atoms with Crippen molar-refractivity contribution in [2.24, 2.45) is 5.92 Å². The van der Waals surface area contributed by atoms with Crippen LogP contribution in [0, 0.1) is 5.92 Å². The van der Waals surface area contributed by atoms with E-state index in [2.05, 4.69) is 25.8 Å². The predicted octanol–water partition coefficient (Wildman–Crippen LogP) is 1.69. The second kappa shape index (κ2) is 7.70. The molecule has 0 spiro atoms. The molecule has 0 amide bonds. The molecule has 3 rings (SSSR count). The number of nitrogens with zero attached hydrogens (tertiary/aromatic N) is 4. The highest BCUT2D eigenvalue weighted by Crippen LogP contribution is 2.47. The van der Waals surface area contributed by atoms with Crippen LogP contribution in [-0.2, 0) is 17.7 Å². The van der Waals surface area contributed by atoms with Crippen molar-refractivity contribution < 1.29 is 27.5 Å². The first-order valence-corrected chi connectivity index (χ1v) is 10.2. The zero-order chi connectivity index (χ0) is 18.0. The van der Waals surface area contributed by atoms with E-state index in [-0.39, 0.29) is 21.0 Å². The van der Waals surface area contributed by atoms with E-state index < -0.39 is 16.9 Å². The maximum absolute atomic E-state index is 10.5. The molecular weight excluding hydrogens is 391 g/mol.